The number of aliphatic hydroxyl groups is 2. The van der Waals surface area contributed by atoms with Crippen LogP contribution in [0.25, 0.3) is 0 Å². The van der Waals surface area contributed by atoms with Gasteiger partial charge in [0.05, 0.1) is 37.6 Å². The summed E-state index contributed by atoms with van der Waals surface area (Å²) < 4.78 is 41.0. The molecule has 1 aliphatic rings. The summed E-state index contributed by atoms with van der Waals surface area (Å²) in [6, 6.07) is 5.02. The van der Waals surface area contributed by atoms with Crippen molar-refractivity contribution in [1.29, 1.82) is 0 Å². The van der Waals surface area contributed by atoms with Crippen molar-refractivity contribution in [2.75, 3.05) is 19.8 Å². The molecule has 0 spiro atoms. The fourth-order valence-corrected chi connectivity index (χ4v) is 4.22. The van der Waals surface area contributed by atoms with Gasteiger partial charge in [0, 0.05) is 25.5 Å². The van der Waals surface area contributed by atoms with E-state index >= 15 is 0 Å². The van der Waals surface area contributed by atoms with Crippen LogP contribution in [0.3, 0.4) is 0 Å². The molecule has 1 saturated heterocycles. The molecule has 4 rings (SSSR count). The summed E-state index contributed by atoms with van der Waals surface area (Å²) >= 11 is 0. The Kier molecular flexibility index (Phi) is 8.74. The Morgan fingerprint density at radius 2 is 1.95 bits per heavy atom. The Morgan fingerprint density at radius 3 is 2.62 bits per heavy atom. The molecule has 0 radical (unpaired) electrons. The number of nitrogens with zero attached hydrogens (tertiary/aromatic N) is 4. The van der Waals surface area contributed by atoms with E-state index in [0.717, 1.165) is 41.9 Å². The quantitative estimate of drug-likeness (QED) is 0.395. The monoisotopic (exact) mass is 518 g/mol. The van der Waals surface area contributed by atoms with Gasteiger partial charge in [-0.05, 0) is 43.4 Å². The van der Waals surface area contributed by atoms with Crippen LogP contribution < -0.4 is 10.3 Å². The fourth-order valence-electron chi connectivity index (χ4n) is 4.22. The molecule has 198 valence electrons. The minimum absolute atomic E-state index is 0.0707. The molecule has 1 aromatic carbocycles. The number of halogens is 2. The first-order valence-corrected chi connectivity index (χ1v) is 12.0. The summed E-state index contributed by atoms with van der Waals surface area (Å²) in [5.74, 6) is -2.83. The number of ketones is 1. The summed E-state index contributed by atoms with van der Waals surface area (Å²) in [4.78, 5) is 26.4. The van der Waals surface area contributed by atoms with Gasteiger partial charge in [-0.15, -0.1) is 0 Å². The highest BCUT2D eigenvalue weighted by molar-refractivity contribution is 5.84. The van der Waals surface area contributed by atoms with Crippen LogP contribution in [0.5, 0.6) is 11.5 Å². The van der Waals surface area contributed by atoms with Crippen LogP contribution in [-0.4, -0.2) is 61.5 Å². The number of carbonyl (C=O) groups is 1. The first-order valence-electron chi connectivity index (χ1n) is 12.0. The number of para-hydroxylation sites is 1. The minimum Gasteiger partial charge on any atom is -0.449 e. The number of ether oxygens (including phenoxy) is 2. The lowest BCUT2D eigenvalue weighted by Gasteiger charge is -2.26. The van der Waals surface area contributed by atoms with Crippen molar-refractivity contribution in [3.63, 3.8) is 0 Å². The lowest BCUT2D eigenvalue weighted by Crippen LogP contribution is -2.34. The molecule has 10 nitrogen and oxygen atoms in total. The minimum atomic E-state index is -0.980. The average molecular weight is 519 g/mol. The maximum atomic E-state index is 14.0. The van der Waals surface area contributed by atoms with Crippen molar-refractivity contribution >= 4 is 5.78 Å². The molecule has 3 aromatic rings. The van der Waals surface area contributed by atoms with Crippen LogP contribution in [-0.2, 0) is 22.5 Å². The first-order chi connectivity index (χ1) is 17.8. The largest absolute Gasteiger partial charge is 0.449 e. The van der Waals surface area contributed by atoms with E-state index in [9.17, 15) is 23.5 Å². The van der Waals surface area contributed by atoms with Gasteiger partial charge in [0.1, 0.15) is 6.04 Å². The molecule has 2 aromatic heterocycles. The van der Waals surface area contributed by atoms with Crippen molar-refractivity contribution in [3.8, 4) is 11.5 Å². The molecule has 12 heteroatoms. The van der Waals surface area contributed by atoms with Gasteiger partial charge in [0.25, 0.3) is 5.56 Å². The molecule has 1 fully saturated rings. The predicted molar refractivity (Wildman–Crippen MR) is 126 cm³/mol. The Balaban J connectivity index is 1.56. The molecular formula is C25H28F2N4O6. The third-order valence-electron chi connectivity index (χ3n) is 6.16. The molecule has 2 atom stereocenters. The normalized spacial score (nSPS) is 15.9. The number of aromatic nitrogens is 4. The zero-order chi connectivity index (χ0) is 26.4. The van der Waals surface area contributed by atoms with Gasteiger partial charge < -0.3 is 19.7 Å². The molecule has 0 bridgehead atoms. The Morgan fingerprint density at radius 1 is 1.22 bits per heavy atom. The highest BCUT2D eigenvalue weighted by Gasteiger charge is 2.28. The van der Waals surface area contributed by atoms with E-state index in [1.54, 1.807) is 12.3 Å². The summed E-state index contributed by atoms with van der Waals surface area (Å²) in [7, 11) is 0. The smallest absolute Gasteiger partial charge is 0.271 e. The van der Waals surface area contributed by atoms with Crippen molar-refractivity contribution in [1.82, 2.24) is 19.6 Å². The maximum absolute atomic E-state index is 14.0. The highest BCUT2D eigenvalue weighted by atomic mass is 19.1. The van der Waals surface area contributed by atoms with E-state index in [1.807, 2.05) is 0 Å². The van der Waals surface area contributed by atoms with Crippen molar-refractivity contribution in [2.45, 2.75) is 44.4 Å². The summed E-state index contributed by atoms with van der Waals surface area (Å²) in [6.07, 6.45) is 3.51. The van der Waals surface area contributed by atoms with Gasteiger partial charge in [-0.3, -0.25) is 14.3 Å². The number of rotatable bonds is 11. The second kappa shape index (κ2) is 12.2. The Labute approximate surface area is 211 Å². The third-order valence-corrected chi connectivity index (χ3v) is 6.16. The van der Waals surface area contributed by atoms with Crippen molar-refractivity contribution in [2.24, 2.45) is 5.92 Å². The van der Waals surface area contributed by atoms with Crippen LogP contribution >= 0.6 is 0 Å². The topological polar surface area (TPSA) is 129 Å². The standard InChI is InChI=1S/C25H28F2N4O6/c26-20-2-1-3-21(27)25(20)37-19-12-24(35)31(28-13-19)22(10-16-5-8-36-9-6-16)23(34)11-17-4-7-30(29-17)14-18(33)15-32/h1-4,7,12-13,16,18,22,32-33H,5-6,8-11,14-15H2/t18-,22-/m1/s1. The van der Waals surface area contributed by atoms with Gasteiger partial charge in [-0.2, -0.15) is 10.2 Å². The van der Waals surface area contributed by atoms with Gasteiger partial charge in [-0.1, -0.05) is 6.07 Å². The van der Waals surface area contributed by atoms with Crippen LogP contribution in [0.15, 0.2) is 47.5 Å². The number of aliphatic hydroxyl groups excluding tert-OH is 2. The molecule has 0 aliphatic carbocycles. The van der Waals surface area contributed by atoms with Gasteiger partial charge in [-0.25, -0.2) is 13.5 Å². The summed E-state index contributed by atoms with van der Waals surface area (Å²) in [5, 5.41) is 27.0. The lowest BCUT2D eigenvalue weighted by molar-refractivity contribution is -0.122. The second-order valence-electron chi connectivity index (χ2n) is 8.94. The highest BCUT2D eigenvalue weighted by Crippen LogP contribution is 2.28. The van der Waals surface area contributed by atoms with Crippen LogP contribution in [0.4, 0.5) is 8.78 Å². The Bertz CT molecular complexity index is 1250. The molecule has 3 heterocycles. The zero-order valence-corrected chi connectivity index (χ0v) is 20.0. The molecule has 0 amide bonds. The zero-order valence-electron chi connectivity index (χ0n) is 20.0. The maximum Gasteiger partial charge on any atom is 0.271 e. The predicted octanol–water partition coefficient (Wildman–Crippen LogP) is 2.03. The van der Waals surface area contributed by atoms with E-state index in [1.165, 1.54) is 10.7 Å². The van der Waals surface area contributed by atoms with Gasteiger partial charge in [0.2, 0.25) is 0 Å². The first kappa shape index (κ1) is 26.6. The van der Waals surface area contributed by atoms with E-state index in [0.29, 0.717) is 25.3 Å². The number of benzene rings is 1. The van der Waals surface area contributed by atoms with Crippen LogP contribution in [0.1, 0.15) is 31.0 Å². The van der Waals surface area contributed by atoms with Crippen molar-refractivity contribution in [3.05, 3.63) is 70.4 Å². The summed E-state index contributed by atoms with van der Waals surface area (Å²) in [6.45, 7) is 0.777. The van der Waals surface area contributed by atoms with Gasteiger partial charge in [0.15, 0.2) is 28.9 Å². The number of hydrogen-bond acceptors (Lipinski definition) is 8. The lowest BCUT2D eigenvalue weighted by atomic mass is 9.90. The molecule has 37 heavy (non-hydrogen) atoms. The second-order valence-corrected chi connectivity index (χ2v) is 8.94. The third kappa shape index (κ3) is 6.85. The molecular weight excluding hydrogens is 490 g/mol. The van der Waals surface area contributed by atoms with E-state index in [-0.39, 0.29) is 30.4 Å². The number of Topliss-reactive ketones (excluding diaryl/α,β-unsaturated/α-hetero) is 1. The molecule has 0 unspecified atom stereocenters. The summed E-state index contributed by atoms with van der Waals surface area (Å²) in [5.41, 5.74) is -0.216. The number of hydrogen-bond donors (Lipinski definition) is 2. The molecule has 2 N–H and O–H groups in total. The van der Waals surface area contributed by atoms with Crippen LogP contribution in [0, 0.1) is 17.6 Å². The number of carbonyl (C=O) groups excluding carboxylic acids is 1. The average Bonchev–Trinajstić information content (AvgIpc) is 3.32. The SMILES string of the molecule is O=C(Cc1ccn(C[C@@H](O)CO)n1)[C@@H](CC1CCOCC1)n1ncc(Oc2c(F)cccc2F)cc1=O. The van der Waals surface area contributed by atoms with Crippen LogP contribution in [0.2, 0.25) is 0 Å². The van der Waals surface area contributed by atoms with Gasteiger partial charge >= 0.3 is 0 Å². The fraction of sp³-hybridized carbons (Fsp3) is 0.440. The van der Waals surface area contributed by atoms with E-state index in [2.05, 4.69) is 10.2 Å². The molecule has 0 saturated carbocycles. The van der Waals surface area contributed by atoms with Crippen molar-refractivity contribution < 1.29 is 33.3 Å². The van der Waals surface area contributed by atoms with E-state index < -0.39 is 41.7 Å². The molecule has 1 aliphatic heterocycles. The van der Waals surface area contributed by atoms with E-state index in [4.69, 9.17) is 14.6 Å². The Hall–Kier alpha value is -3.48.